The van der Waals surface area contributed by atoms with Crippen molar-refractivity contribution in [2.45, 2.75) is 0 Å². The summed E-state index contributed by atoms with van der Waals surface area (Å²) in [7, 11) is 5.10. The Labute approximate surface area is 94.2 Å². The number of hydrogen-bond acceptors (Lipinski definition) is 4. The number of benzene rings is 1. The Morgan fingerprint density at radius 3 is 2.69 bits per heavy atom. The highest BCUT2D eigenvalue weighted by Crippen LogP contribution is 2.33. The summed E-state index contributed by atoms with van der Waals surface area (Å²) in [6, 6.07) is 4.82. The van der Waals surface area contributed by atoms with Crippen molar-refractivity contribution in [1.29, 1.82) is 5.26 Å². The lowest BCUT2D eigenvalue weighted by Gasteiger charge is -2.07. The minimum absolute atomic E-state index is 0.0668. The number of aromatic hydroxyl groups is 1. The van der Waals surface area contributed by atoms with Gasteiger partial charge in [0.05, 0.1) is 24.7 Å². The maximum atomic E-state index is 9.49. The second-order valence-electron chi connectivity index (χ2n) is 3.36. The molecule has 1 rings (SSSR count). The molecule has 84 valence electrons. The van der Waals surface area contributed by atoms with E-state index in [0.717, 1.165) is 0 Å². The van der Waals surface area contributed by atoms with Crippen LogP contribution in [0.2, 0.25) is 0 Å². The van der Waals surface area contributed by atoms with Crippen LogP contribution < -0.4 is 4.74 Å². The zero-order valence-corrected chi connectivity index (χ0v) is 9.43. The van der Waals surface area contributed by atoms with Gasteiger partial charge in [0.25, 0.3) is 0 Å². The maximum Gasteiger partial charge on any atom is 0.162 e. The molecule has 1 N–H and O–H groups in total. The first kappa shape index (κ1) is 11.9. The van der Waals surface area contributed by atoms with Gasteiger partial charge in [-0.1, -0.05) is 0 Å². The summed E-state index contributed by atoms with van der Waals surface area (Å²) in [5.74, 6) is 0.229. The van der Waals surface area contributed by atoms with Gasteiger partial charge in [-0.05, 0) is 0 Å². The van der Waals surface area contributed by atoms with E-state index in [2.05, 4.69) is 4.99 Å². The number of nitriles is 1. The lowest BCUT2D eigenvalue weighted by Crippen LogP contribution is -2.07. The van der Waals surface area contributed by atoms with Crippen molar-refractivity contribution in [3.8, 4) is 17.6 Å². The van der Waals surface area contributed by atoms with Gasteiger partial charge in [-0.25, -0.2) is 4.99 Å². The highest BCUT2D eigenvalue weighted by molar-refractivity contribution is 5.68. The molecule has 1 aromatic carbocycles. The number of ether oxygens (including phenoxy) is 1. The summed E-state index contributed by atoms with van der Waals surface area (Å²) in [6.07, 6.45) is 1.58. The number of aliphatic imine (C=N–C) groups is 1. The average Bonchev–Trinajstić information content (AvgIpc) is 2.26. The normalized spacial score (nSPS) is 10.1. The average molecular weight is 219 g/mol. The van der Waals surface area contributed by atoms with E-state index in [0.29, 0.717) is 17.0 Å². The van der Waals surface area contributed by atoms with Gasteiger partial charge < -0.3 is 14.7 Å². The molecule has 0 aliphatic carbocycles. The first-order valence-corrected chi connectivity index (χ1v) is 4.60. The van der Waals surface area contributed by atoms with Gasteiger partial charge in [-0.3, -0.25) is 0 Å². The van der Waals surface area contributed by atoms with E-state index in [4.69, 9.17) is 10.00 Å². The SMILES string of the molecule is COc1cc(/N=C/N(C)C)c(C#N)cc1O. The van der Waals surface area contributed by atoms with Crippen LogP contribution in [0.3, 0.4) is 0 Å². The van der Waals surface area contributed by atoms with Gasteiger partial charge in [0.1, 0.15) is 6.07 Å². The largest absolute Gasteiger partial charge is 0.504 e. The molecule has 0 atom stereocenters. The highest BCUT2D eigenvalue weighted by Gasteiger charge is 2.08. The Balaban J connectivity index is 3.21. The third-order valence-electron chi connectivity index (χ3n) is 1.85. The zero-order chi connectivity index (χ0) is 12.1. The zero-order valence-electron chi connectivity index (χ0n) is 9.43. The van der Waals surface area contributed by atoms with Crippen molar-refractivity contribution in [3.63, 3.8) is 0 Å². The number of phenolic OH excluding ortho intramolecular Hbond substituents is 1. The summed E-state index contributed by atoms with van der Waals surface area (Å²) < 4.78 is 4.95. The second-order valence-corrected chi connectivity index (χ2v) is 3.36. The van der Waals surface area contributed by atoms with Gasteiger partial charge >= 0.3 is 0 Å². The van der Waals surface area contributed by atoms with Gasteiger partial charge in [-0.2, -0.15) is 5.26 Å². The van der Waals surface area contributed by atoms with Crippen LogP contribution in [0.25, 0.3) is 0 Å². The molecule has 0 fully saturated rings. The minimum atomic E-state index is -0.0668. The van der Waals surface area contributed by atoms with Crippen molar-refractivity contribution in [2.24, 2.45) is 4.99 Å². The van der Waals surface area contributed by atoms with E-state index in [1.54, 1.807) is 11.2 Å². The fraction of sp³-hybridized carbons (Fsp3) is 0.273. The number of nitrogens with zero attached hydrogens (tertiary/aromatic N) is 3. The van der Waals surface area contributed by atoms with Crippen molar-refractivity contribution in [1.82, 2.24) is 4.90 Å². The minimum Gasteiger partial charge on any atom is -0.504 e. The topological polar surface area (TPSA) is 68.8 Å². The molecule has 5 nitrogen and oxygen atoms in total. The Hall–Kier alpha value is -2.22. The van der Waals surface area contributed by atoms with Gasteiger partial charge in [-0.15, -0.1) is 0 Å². The van der Waals surface area contributed by atoms with E-state index in [-0.39, 0.29) is 5.75 Å². The summed E-state index contributed by atoms with van der Waals surface area (Å²) in [5.41, 5.74) is 0.766. The molecule has 0 radical (unpaired) electrons. The summed E-state index contributed by atoms with van der Waals surface area (Å²) in [6.45, 7) is 0. The molecule has 5 heteroatoms. The van der Waals surface area contributed by atoms with Gasteiger partial charge in [0.2, 0.25) is 0 Å². The quantitative estimate of drug-likeness (QED) is 0.617. The van der Waals surface area contributed by atoms with Crippen LogP contribution in [-0.2, 0) is 0 Å². The number of methoxy groups -OCH3 is 1. The first-order valence-electron chi connectivity index (χ1n) is 4.60. The highest BCUT2D eigenvalue weighted by atomic mass is 16.5. The molecule has 0 unspecified atom stereocenters. The lowest BCUT2D eigenvalue weighted by atomic mass is 10.2. The van der Waals surface area contributed by atoms with Crippen LogP contribution in [0, 0.1) is 11.3 Å². The predicted octanol–water partition coefficient (Wildman–Crippen LogP) is 1.49. The Morgan fingerprint density at radius 2 is 2.19 bits per heavy atom. The summed E-state index contributed by atoms with van der Waals surface area (Å²) in [4.78, 5) is 5.86. The smallest absolute Gasteiger partial charge is 0.162 e. The molecule has 0 amide bonds. The Morgan fingerprint density at radius 1 is 1.50 bits per heavy atom. The van der Waals surface area contributed by atoms with E-state index < -0.39 is 0 Å². The van der Waals surface area contributed by atoms with Crippen LogP contribution in [0.5, 0.6) is 11.5 Å². The van der Waals surface area contributed by atoms with E-state index in [9.17, 15) is 5.11 Å². The number of phenols is 1. The number of rotatable bonds is 3. The Kier molecular flexibility index (Phi) is 3.72. The van der Waals surface area contributed by atoms with Crippen LogP contribution in [-0.4, -0.2) is 37.6 Å². The molecule has 0 heterocycles. The molecular formula is C11H13N3O2. The fourth-order valence-corrected chi connectivity index (χ4v) is 1.10. The van der Waals surface area contributed by atoms with Crippen molar-refractivity contribution in [3.05, 3.63) is 17.7 Å². The van der Waals surface area contributed by atoms with Crippen molar-refractivity contribution in [2.75, 3.05) is 21.2 Å². The molecule has 0 spiro atoms. The summed E-state index contributed by atoms with van der Waals surface area (Å²) in [5, 5.41) is 18.4. The van der Waals surface area contributed by atoms with Crippen LogP contribution in [0.4, 0.5) is 5.69 Å². The monoisotopic (exact) mass is 219 g/mol. The Bertz CT molecular complexity index is 447. The maximum absolute atomic E-state index is 9.49. The standard InChI is InChI=1S/C11H13N3O2/c1-14(2)7-13-9-5-11(16-3)10(15)4-8(9)6-12/h4-5,7,15H,1-3H3/b13-7+. The van der Waals surface area contributed by atoms with E-state index >= 15 is 0 Å². The lowest BCUT2D eigenvalue weighted by molar-refractivity contribution is 0.373. The van der Waals surface area contributed by atoms with Crippen LogP contribution >= 0.6 is 0 Å². The van der Waals surface area contributed by atoms with Crippen LogP contribution in [0.15, 0.2) is 17.1 Å². The molecule has 0 aliphatic rings. The fourth-order valence-electron chi connectivity index (χ4n) is 1.10. The molecule has 0 bridgehead atoms. The van der Waals surface area contributed by atoms with Gasteiger partial charge in [0, 0.05) is 26.2 Å². The van der Waals surface area contributed by atoms with Crippen LogP contribution in [0.1, 0.15) is 5.56 Å². The van der Waals surface area contributed by atoms with Crippen molar-refractivity contribution >= 4 is 12.0 Å². The molecule has 16 heavy (non-hydrogen) atoms. The predicted molar refractivity (Wildman–Crippen MR) is 61.2 cm³/mol. The number of hydrogen-bond donors (Lipinski definition) is 1. The molecule has 0 saturated carbocycles. The summed E-state index contributed by atoms with van der Waals surface area (Å²) >= 11 is 0. The van der Waals surface area contributed by atoms with E-state index in [1.807, 2.05) is 20.2 Å². The molecule has 0 aromatic heterocycles. The third-order valence-corrected chi connectivity index (χ3v) is 1.85. The molecular weight excluding hydrogens is 206 g/mol. The van der Waals surface area contributed by atoms with Gasteiger partial charge in [0.15, 0.2) is 11.5 Å². The van der Waals surface area contributed by atoms with Crippen molar-refractivity contribution < 1.29 is 9.84 Å². The molecule has 0 saturated heterocycles. The second kappa shape index (κ2) is 5.03. The molecule has 0 aliphatic heterocycles. The first-order chi connectivity index (χ1) is 7.58. The van der Waals surface area contributed by atoms with E-state index in [1.165, 1.54) is 19.2 Å². The molecule has 1 aromatic rings. The third kappa shape index (κ3) is 2.64.